The Bertz CT molecular complexity index is 377. The van der Waals surface area contributed by atoms with Gasteiger partial charge in [-0.1, -0.05) is 49.9 Å². The molecule has 106 valence electrons. The second-order valence-electron chi connectivity index (χ2n) is 5.26. The van der Waals surface area contributed by atoms with E-state index in [2.05, 4.69) is 36.1 Å². The molecule has 3 heteroatoms. The average molecular weight is 298 g/mol. The number of halogens is 1. The Morgan fingerprint density at radius 3 is 2.79 bits per heavy atom. The van der Waals surface area contributed by atoms with E-state index >= 15 is 0 Å². The maximum atomic E-state index is 6.10. The van der Waals surface area contributed by atoms with Gasteiger partial charge in [-0.15, -0.1) is 0 Å². The first kappa shape index (κ1) is 15.2. The van der Waals surface area contributed by atoms with Crippen LogP contribution >= 0.6 is 23.4 Å². The normalized spacial score (nSPS) is 18.4. The summed E-state index contributed by atoms with van der Waals surface area (Å²) >= 11 is 8.24. The molecule has 1 aliphatic rings. The van der Waals surface area contributed by atoms with Crippen molar-refractivity contribution < 1.29 is 0 Å². The van der Waals surface area contributed by atoms with Gasteiger partial charge in [-0.05, 0) is 37.1 Å². The zero-order valence-corrected chi connectivity index (χ0v) is 13.3. The minimum absolute atomic E-state index is 0.427. The van der Waals surface area contributed by atoms with Gasteiger partial charge in [0.05, 0.1) is 0 Å². The van der Waals surface area contributed by atoms with Crippen molar-refractivity contribution in [2.24, 2.45) is 0 Å². The Morgan fingerprint density at radius 1 is 1.32 bits per heavy atom. The van der Waals surface area contributed by atoms with Gasteiger partial charge in [0.1, 0.15) is 0 Å². The van der Waals surface area contributed by atoms with Crippen molar-refractivity contribution >= 4 is 23.4 Å². The number of hydrogen-bond acceptors (Lipinski definition) is 2. The van der Waals surface area contributed by atoms with Crippen molar-refractivity contribution in [2.45, 2.75) is 50.3 Å². The fraction of sp³-hybridized carbons (Fsp3) is 0.625. The Morgan fingerprint density at radius 2 is 2.11 bits per heavy atom. The number of thioether (sulfide) groups is 1. The van der Waals surface area contributed by atoms with Crippen LogP contribution in [0.2, 0.25) is 5.02 Å². The molecule has 1 aromatic rings. The van der Waals surface area contributed by atoms with E-state index in [0.29, 0.717) is 6.04 Å². The molecule has 1 nitrogen and oxygen atoms in total. The molecule has 1 saturated carbocycles. The molecule has 1 fully saturated rings. The number of nitrogens with one attached hydrogen (secondary N) is 1. The Labute approximate surface area is 126 Å². The van der Waals surface area contributed by atoms with Crippen LogP contribution in [0.4, 0.5) is 0 Å². The highest BCUT2D eigenvalue weighted by molar-refractivity contribution is 7.99. The van der Waals surface area contributed by atoms with Gasteiger partial charge in [0.25, 0.3) is 0 Å². The predicted octanol–water partition coefficient (Wildman–Crippen LogP) is 5.06. The lowest BCUT2D eigenvalue weighted by Gasteiger charge is -2.24. The number of rotatable bonds is 6. The SMILES string of the molecule is CCNC(CSC1CCCCC1)c1cccc(Cl)c1. The zero-order chi connectivity index (χ0) is 13.5. The molecule has 0 spiro atoms. The van der Waals surface area contributed by atoms with Crippen LogP contribution < -0.4 is 5.32 Å². The molecule has 2 rings (SSSR count). The van der Waals surface area contributed by atoms with Crippen LogP contribution in [0, 0.1) is 0 Å². The molecule has 1 unspecified atom stereocenters. The van der Waals surface area contributed by atoms with Gasteiger partial charge in [0.2, 0.25) is 0 Å². The van der Waals surface area contributed by atoms with Gasteiger partial charge in [0.15, 0.2) is 0 Å². The van der Waals surface area contributed by atoms with Crippen molar-refractivity contribution in [3.05, 3.63) is 34.9 Å². The summed E-state index contributed by atoms with van der Waals surface area (Å²) in [4.78, 5) is 0. The largest absolute Gasteiger partial charge is 0.310 e. The third-order valence-corrected chi connectivity index (χ3v) is 5.46. The van der Waals surface area contributed by atoms with Crippen LogP contribution in [0.1, 0.15) is 50.6 Å². The molecule has 1 N–H and O–H groups in total. The summed E-state index contributed by atoms with van der Waals surface area (Å²) in [5, 5.41) is 5.29. The molecule has 0 heterocycles. The standard InChI is InChI=1S/C16H24ClNS/c1-2-18-16(13-7-6-8-14(17)11-13)12-19-15-9-4-3-5-10-15/h6-8,11,15-16,18H,2-5,9-10,12H2,1H3. The zero-order valence-electron chi connectivity index (χ0n) is 11.7. The van der Waals surface area contributed by atoms with Crippen molar-refractivity contribution in [1.82, 2.24) is 5.32 Å². The van der Waals surface area contributed by atoms with Gasteiger partial charge < -0.3 is 5.32 Å². The summed E-state index contributed by atoms with van der Waals surface area (Å²) in [6, 6.07) is 8.70. The topological polar surface area (TPSA) is 12.0 Å². The summed E-state index contributed by atoms with van der Waals surface area (Å²) in [5.74, 6) is 1.15. The molecule has 1 aliphatic carbocycles. The van der Waals surface area contributed by atoms with Crippen LogP contribution in [-0.2, 0) is 0 Å². The fourth-order valence-electron chi connectivity index (χ4n) is 2.71. The van der Waals surface area contributed by atoms with Gasteiger partial charge >= 0.3 is 0 Å². The number of hydrogen-bond donors (Lipinski definition) is 1. The Kier molecular flexibility index (Phi) is 6.55. The van der Waals surface area contributed by atoms with Crippen molar-refractivity contribution in [3.8, 4) is 0 Å². The van der Waals surface area contributed by atoms with Crippen molar-refractivity contribution in [3.63, 3.8) is 0 Å². The van der Waals surface area contributed by atoms with Gasteiger partial charge in [-0.25, -0.2) is 0 Å². The maximum absolute atomic E-state index is 6.10. The molecule has 1 aromatic carbocycles. The minimum atomic E-state index is 0.427. The van der Waals surface area contributed by atoms with Gasteiger partial charge in [-0.3, -0.25) is 0 Å². The van der Waals surface area contributed by atoms with Crippen LogP contribution in [0.3, 0.4) is 0 Å². The molecule has 0 bridgehead atoms. The van der Waals surface area contributed by atoms with E-state index in [9.17, 15) is 0 Å². The van der Waals surface area contributed by atoms with Crippen molar-refractivity contribution in [2.75, 3.05) is 12.3 Å². The molecular formula is C16H24ClNS. The predicted molar refractivity (Wildman–Crippen MR) is 87.2 cm³/mol. The lowest BCUT2D eigenvalue weighted by atomic mass is 10.0. The second-order valence-corrected chi connectivity index (χ2v) is 7.03. The molecule has 0 aromatic heterocycles. The van der Waals surface area contributed by atoms with Gasteiger partial charge in [0, 0.05) is 22.1 Å². The van der Waals surface area contributed by atoms with E-state index in [1.807, 2.05) is 12.1 Å². The summed E-state index contributed by atoms with van der Waals surface area (Å²) in [6.45, 7) is 3.17. The molecule has 0 radical (unpaired) electrons. The highest BCUT2D eigenvalue weighted by Crippen LogP contribution is 2.31. The first-order chi connectivity index (χ1) is 9.29. The fourth-order valence-corrected chi connectivity index (χ4v) is 4.35. The first-order valence-electron chi connectivity index (χ1n) is 7.40. The monoisotopic (exact) mass is 297 g/mol. The average Bonchev–Trinajstić information content (AvgIpc) is 2.44. The minimum Gasteiger partial charge on any atom is -0.310 e. The second kappa shape index (κ2) is 8.18. The van der Waals surface area contributed by atoms with E-state index in [4.69, 9.17) is 11.6 Å². The van der Waals surface area contributed by atoms with Gasteiger partial charge in [-0.2, -0.15) is 11.8 Å². The Balaban J connectivity index is 1.91. The molecular weight excluding hydrogens is 274 g/mol. The van der Waals surface area contributed by atoms with Crippen LogP contribution in [-0.4, -0.2) is 17.5 Å². The van der Waals surface area contributed by atoms with E-state index in [1.54, 1.807) is 0 Å². The van der Waals surface area contributed by atoms with Crippen molar-refractivity contribution in [1.29, 1.82) is 0 Å². The third kappa shape index (κ3) is 5.02. The lowest BCUT2D eigenvalue weighted by Crippen LogP contribution is -2.24. The highest BCUT2D eigenvalue weighted by Gasteiger charge is 2.17. The third-order valence-electron chi connectivity index (χ3n) is 3.75. The Hall–Kier alpha value is -0.180. The lowest BCUT2D eigenvalue weighted by molar-refractivity contribution is 0.514. The first-order valence-corrected chi connectivity index (χ1v) is 8.82. The van der Waals surface area contributed by atoms with Crippen LogP contribution in [0.25, 0.3) is 0 Å². The van der Waals surface area contributed by atoms with E-state index in [1.165, 1.54) is 37.7 Å². The summed E-state index contributed by atoms with van der Waals surface area (Å²) in [7, 11) is 0. The molecule has 0 saturated heterocycles. The van der Waals surface area contributed by atoms with E-state index in [-0.39, 0.29) is 0 Å². The summed E-state index contributed by atoms with van der Waals surface area (Å²) in [6.07, 6.45) is 7.07. The quantitative estimate of drug-likeness (QED) is 0.788. The smallest absolute Gasteiger partial charge is 0.0412 e. The van der Waals surface area contributed by atoms with E-state index in [0.717, 1.165) is 22.6 Å². The molecule has 0 amide bonds. The summed E-state index contributed by atoms with van der Waals surface area (Å²) < 4.78 is 0. The highest BCUT2D eigenvalue weighted by atomic mass is 35.5. The molecule has 1 atom stereocenters. The summed E-state index contributed by atoms with van der Waals surface area (Å²) in [5.41, 5.74) is 1.32. The van der Waals surface area contributed by atoms with E-state index < -0.39 is 0 Å². The molecule has 0 aliphatic heterocycles. The van der Waals surface area contributed by atoms with Crippen LogP contribution in [0.5, 0.6) is 0 Å². The van der Waals surface area contributed by atoms with Crippen LogP contribution in [0.15, 0.2) is 24.3 Å². The number of benzene rings is 1. The maximum Gasteiger partial charge on any atom is 0.0412 e. The molecule has 19 heavy (non-hydrogen) atoms.